The number of amides is 1. The second-order valence-electron chi connectivity index (χ2n) is 4.37. The second kappa shape index (κ2) is 6.05. The molecule has 0 fully saturated rings. The molecule has 0 atom stereocenters. The van der Waals surface area contributed by atoms with Crippen LogP contribution in [-0.4, -0.2) is 10.5 Å². The van der Waals surface area contributed by atoms with Gasteiger partial charge in [-0.1, -0.05) is 24.3 Å². The molecule has 1 aromatic heterocycles. The SMILES string of the molecule is Cc1ccccc1CNC(=O)CCn1cccc1. The molecule has 0 radical (unpaired) electrons. The molecule has 1 amide bonds. The number of nitrogens with zero attached hydrogens (tertiary/aromatic N) is 1. The van der Waals surface area contributed by atoms with E-state index in [1.807, 2.05) is 47.3 Å². The standard InChI is InChI=1S/C15H18N2O/c1-13-6-2-3-7-14(13)12-16-15(18)8-11-17-9-4-5-10-17/h2-7,9-10H,8,11-12H2,1H3,(H,16,18). The van der Waals surface area contributed by atoms with Crippen LogP contribution >= 0.6 is 0 Å². The molecule has 3 nitrogen and oxygen atoms in total. The van der Waals surface area contributed by atoms with Crippen LogP contribution < -0.4 is 5.32 Å². The molecule has 18 heavy (non-hydrogen) atoms. The maximum Gasteiger partial charge on any atom is 0.222 e. The Labute approximate surface area is 107 Å². The van der Waals surface area contributed by atoms with Gasteiger partial charge in [-0.15, -0.1) is 0 Å². The summed E-state index contributed by atoms with van der Waals surface area (Å²) in [6, 6.07) is 12.0. The summed E-state index contributed by atoms with van der Waals surface area (Å²) in [7, 11) is 0. The molecule has 2 aromatic rings. The van der Waals surface area contributed by atoms with Crippen LogP contribution in [0.2, 0.25) is 0 Å². The molecule has 1 N–H and O–H groups in total. The third kappa shape index (κ3) is 3.48. The van der Waals surface area contributed by atoms with Crippen molar-refractivity contribution in [2.24, 2.45) is 0 Å². The number of rotatable bonds is 5. The summed E-state index contributed by atoms with van der Waals surface area (Å²) < 4.78 is 2.01. The summed E-state index contributed by atoms with van der Waals surface area (Å²) in [4.78, 5) is 11.7. The Bertz CT molecular complexity index is 503. The first-order valence-corrected chi connectivity index (χ1v) is 6.17. The van der Waals surface area contributed by atoms with Crippen LogP contribution in [0.15, 0.2) is 48.8 Å². The summed E-state index contributed by atoms with van der Waals surface area (Å²) in [5, 5.41) is 2.95. The first-order valence-electron chi connectivity index (χ1n) is 6.17. The number of benzene rings is 1. The van der Waals surface area contributed by atoms with Crippen LogP contribution in [0, 0.1) is 6.92 Å². The number of carbonyl (C=O) groups is 1. The molecule has 0 saturated heterocycles. The Morgan fingerprint density at radius 3 is 2.61 bits per heavy atom. The molecule has 0 aliphatic carbocycles. The van der Waals surface area contributed by atoms with Crippen molar-refractivity contribution in [1.29, 1.82) is 0 Å². The summed E-state index contributed by atoms with van der Waals surface area (Å²) in [5.41, 5.74) is 2.38. The summed E-state index contributed by atoms with van der Waals surface area (Å²) >= 11 is 0. The fraction of sp³-hybridized carbons (Fsp3) is 0.267. The third-order valence-electron chi connectivity index (χ3n) is 3.00. The second-order valence-corrected chi connectivity index (χ2v) is 4.37. The van der Waals surface area contributed by atoms with Gasteiger partial charge in [-0.3, -0.25) is 4.79 Å². The molecule has 0 aliphatic rings. The predicted octanol–water partition coefficient (Wildman–Crippen LogP) is 2.50. The minimum absolute atomic E-state index is 0.0898. The lowest BCUT2D eigenvalue weighted by Gasteiger charge is -2.08. The van der Waals surface area contributed by atoms with E-state index in [1.54, 1.807) is 0 Å². The summed E-state index contributed by atoms with van der Waals surface area (Å²) in [6.45, 7) is 3.39. The van der Waals surface area contributed by atoms with E-state index in [-0.39, 0.29) is 5.91 Å². The van der Waals surface area contributed by atoms with E-state index in [4.69, 9.17) is 0 Å². The van der Waals surface area contributed by atoms with Crippen molar-refractivity contribution >= 4 is 5.91 Å². The average Bonchev–Trinajstić information content (AvgIpc) is 2.88. The molecule has 1 heterocycles. The highest BCUT2D eigenvalue weighted by molar-refractivity contribution is 5.75. The maximum atomic E-state index is 11.7. The summed E-state index contributed by atoms with van der Waals surface area (Å²) in [5.74, 6) is 0.0898. The number of hydrogen-bond donors (Lipinski definition) is 1. The first-order chi connectivity index (χ1) is 8.75. The zero-order chi connectivity index (χ0) is 12.8. The van der Waals surface area contributed by atoms with Gasteiger partial charge in [-0.05, 0) is 30.2 Å². The van der Waals surface area contributed by atoms with Gasteiger partial charge in [0, 0.05) is 31.9 Å². The zero-order valence-electron chi connectivity index (χ0n) is 10.6. The first kappa shape index (κ1) is 12.4. The molecule has 0 spiro atoms. The number of aromatic nitrogens is 1. The van der Waals surface area contributed by atoms with Gasteiger partial charge in [0.1, 0.15) is 0 Å². The van der Waals surface area contributed by atoms with E-state index in [9.17, 15) is 4.79 Å². The molecular formula is C15H18N2O. The van der Waals surface area contributed by atoms with Crippen LogP contribution in [0.4, 0.5) is 0 Å². The van der Waals surface area contributed by atoms with Crippen LogP contribution in [0.3, 0.4) is 0 Å². The molecule has 94 valence electrons. The van der Waals surface area contributed by atoms with Crippen molar-refractivity contribution in [2.75, 3.05) is 0 Å². The van der Waals surface area contributed by atoms with Gasteiger partial charge < -0.3 is 9.88 Å². The lowest BCUT2D eigenvalue weighted by molar-refractivity contribution is -0.121. The van der Waals surface area contributed by atoms with Crippen LogP contribution in [0.25, 0.3) is 0 Å². The van der Waals surface area contributed by atoms with Crippen molar-refractivity contribution in [1.82, 2.24) is 9.88 Å². The fourth-order valence-corrected chi connectivity index (χ4v) is 1.84. The number of carbonyl (C=O) groups excluding carboxylic acids is 1. The molecule has 3 heteroatoms. The monoisotopic (exact) mass is 242 g/mol. The summed E-state index contributed by atoms with van der Waals surface area (Å²) in [6.07, 6.45) is 4.45. The Morgan fingerprint density at radius 1 is 1.17 bits per heavy atom. The van der Waals surface area contributed by atoms with Crippen molar-refractivity contribution in [3.8, 4) is 0 Å². The van der Waals surface area contributed by atoms with Crippen molar-refractivity contribution in [3.05, 3.63) is 59.9 Å². The van der Waals surface area contributed by atoms with Gasteiger partial charge in [0.15, 0.2) is 0 Å². The highest BCUT2D eigenvalue weighted by atomic mass is 16.1. The average molecular weight is 242 g/mol. The van der Waals surface area contributed by atoms with Gasteiger partial charge in [-0.25, -0.2) is 0 Å². The lowest BCUT2D eigenvalue weighted by atomic mass is 10.1. The molecule has 2 rings (SSSR count). The molecule has 1 aromatic carbocycles. The Morgan fingerprint density at radius 2 is 1.89 bits per heavy atom. The fourth-order valence-electron chi connectivity index (χ4n) is 1.84. The van der Waals surface area contributed by atoms with Crippen LogP contribution in [0.1, 0.15) is 17.5 Å². The van der Waals surface area contributed by atoms with Gasteiger partial charge in [-0.2, -0.15) is 0 Å². The van der Waals surface area contributed by atoms with Gasteiger partial charge in [0.05, 0.1) is 0 Å². The minimum atomic E-state index is 0.0898. The topological polar surface area (TPSA) is 34.0 Å². The van der Waals surface area contributed by atoms with E-state index >= 15 is 0 Å². The third-order valence-corrected chi connectivity index (χ3v) is 3.00. The molecule has 0 unspecified atom stereocenters. The number of nitrogens with one attached hydrogen (secondary N) is 1. The number of hydrogen-bond acceptors (Lipinski definition) is 1. The lowest BCUT2D eigenvalue weighted by Crippen LogP contribution is -2.24. The zero-order valence-corrected chi connectivity index (χ0v) is 10.6. The van der Waals surface area contributed by atoms with Crippen LogP contribution in [-0.2, 0) is 17.9 Å². The van der Waals surface area contributed by atoms with Gasteiger partial charge in [0.2, 0.25) is 5.91 Å². The van der Waals surface area contributed by atoms with Gasteiger partial charge >= 0.3 is 0 Å². The van der Waals surface area contributed by atoms with Gasteiger partial charge in [0.25, 0.3) is 0 Å². The normalized spacial score (nSPS) is 10.3. The predicted molar refractivity (Wildman–Crippen MR) is 72.1 cm³/mol. The van der Waals surface area contributed by atoms with Crippen molar-refractivity contribution < 1.29 is 4.79 Å². The van der Waals surface area contributed by atoms with E-state index in [2.05, 4.69) is 18.3 Å². The highest BCUT2D eigenvalue weighted by Crippen LogP contribution is 2.06. The van der Waals surface area contributed by atoms with E-state index in [0.29, 0.717) is 13.0 Å². The number of aryl methyl sites for hydroxylation is 2. The molecule has 0 bridgehead atoms. The molecule has 0 aliphatic heterocycles. The smallest absolute Gasteiger partial charge is 0.222 e. The maximum absolute atomic E-state index is 11.7. The van der Waals surface area contributed by atoms with Crippen molar-refractivity contribution in [2.45, 2.75) is 26.4 Å². The molecular weight excluding hydrogens is 224 g/mol. The van der Waals surface area contributed by atoms with E-state index in [1.165, 1.54) is 11.1 Å². The Hall–Kier alpha value is -2.03. The highest BCUT2D eigenvalue weighted by Gasteiger charge is 2.02. The van der Waals surface area contributed by atoms with E-state index < -0.39 is 0 Å². The van der Waals surface area contributed by atoms with Crippen LogP contribution in [0.5, 0.6) is 0 Å². The minimum Gasteiger partial charge on any atom is -0.354 e. The molecule has 0 saturated carbocycles. The Kier molecular flexibility index (Phi) is 4.18. The van der Waals surface area contributed by atoms with E-state index in [0.717, 1.165) is 6.54 Å². The van der Waals surface area contributed by atoms with Crippen molar-refractivity contribution in [3.63, 3.8) is 0 Å². The quantitative estimate of drug-likeness (QED) is 0.858. The largest absolute Gasteiger partial charge is 0.354 e. The Balaban J connectivity index is 1.77.